The molecule has 2 unspecified atom stereocenters. The fourth-order valence-corrected chi connectivity index (χ4v) is 3.56. The van der Waals surface area contributed by atoms with Crippen LogP contribution in [0, 0.1) is 26.7 Å². The molecule has 1 aliphatic carbocycles. The molecule has 3 N–H and O–H groups in total. The number of nitrogens with zero attached hydrogens (tertiary/aromatic N) is 2. The summed E-state index contributed by atoms with van der Waals surface area (Å²) in [6.07, 6.45) is 3.23. The van der Waals surface area contributed by atoms with Crippen LogP contribution in [0.1, 0.15) is 46.8 Å². The molecule has 1 saturated carbocycles. The molecule has 0 saturated heterocycles. The highest BCUT2D eigenvalue weighted by atomic mass is 35.5. The molecule has 0 aromatic carbocycles. The summed E-state index contributed by atoms with van der Waals surface area (Å²) in [5, 5.41) is 7.21. The van der Waals surface area contributed by atoms with Crippen LogP contribution in [0.5, 0.6) is 0 Å². The Bertz CT molecular complexity index is 722. The summed E-state index contributed by atoms with van der Waals surface area (Å²) in [6, 6.07) is 3.95. The van der Waals surface area contributed by atoms with E-state index in [1.165, 1.54) is 0 Å². The maximum absolute atomic E-state index is 12.7. The van der Waals surface area contributed by atoms with Crippen molar-refractivity contribution in [2.45, 2.75) is 46.1 Å². The quantitative estimate of drug-likeness (QED) is 0.885. The van der Waals surface area contributed by atoms with E-state index in [9.17, 15) is 4.79 Å². The third-order valence-electron chi connectivity index (χ3n) is 4.80. The number of rotatable bonds is 4. The highest BCUT2D eigenvalue weighted by Gasteiger charge is 2.28. The molecule has 132 valence electrons. The number of aromatic nitrogens is 2. The Hall–Kier alpha value is -1.79. The molecule has 0 aliphatic heterocycles. The Labute approximate surface area is 148 Å². The molecule has 1 aliphatic rings. The number of nitrogens with one attached hydrogen (secondary N) is 1. The highest BCUT2D eigenvalue weighted by Crippen LogP contribution is 2.26. The van der Waals surface area contributed by atoms with Gasteiger partial charge >= 0.3 is 0 Å². The Morgan fingerprint density at radius 2 is 2.12 bits per heavy atom. The van der Waals surface area contributed by atoms with Gasteiger partial charge < -0.3 is 15.6 Å². The van der Waals surface area contributed by atoms with E-state index in [1.54, 1.807) is 0 Å². The van der Waals surface area contributed by atoms with Crippen molar-refractivity contribution in [2.24, 2.45) is 11.7 Å². The SMILES string of the molecule is Cc1cc(-n2c(C)cc(C(=O)NC3CCCC3CN)c2C)no1.Cl. The number of aryl methyl sites for hydroxylation is 2. The second kappa shape index (κ2) is 7.40. The second-order valence-corrected chi connectivity index (χ2v) is 6.42. The summed E-state index contributed by atoms with van der Waals surface area (Å²) < 4.78 is 7.09. The van der Waals surface area contributed by atoms with Crippen LogP contribution in [0.4, 0.5) is 0 Å². The zero-order valence-corrected chi connectivity index (χ0v) is 15.2. The van der Waals surface area contributed by atoms with Crippen molar-refractivity contribution in [3.05, 3.63) is 34.8 Å². The lowest BCUT2D eigenvalue weighted by molar-refractivity contribution is 0.0928. The lowest BCUT2D eigenvalue weighted by atomic mass is 10.0. The van der Waals surface area contributed by atoms with Gasteiger partial charge in [0.25, 0.3) is 5.91 Å². The Morgan fingerprint density at radius 1 is 1.38 bits per heavy atom. The maximum atomic E-state index is 12.7. The number of hydrogen-bond acceptors (Lipinski definition) is 4. The van der Waals surface area contributed by atoms with Crippen LogP contribution in [0.15, 0.2) is 16.7 Å². The number of amides is 1. The van der Waals surface area contributed by atoms with E-state index in [0.717, 1.165) is 36.4 Å². The Kier molecular flexibility index (Phi) is 5.72. The van der Waals surface area contributed by atoms with Crippen LogP contribution in [-0.4, -0.2) is 28.2 Å². The first kappa shape index (κ1) is 18.5. The van der Waals surface area contributed by atoms with Gasteiger partial charge in [-0.05, 0) is 52.1 Å². The third-order valence-corrected chi connectivity index (χ3v) is 4.80. The molecule has 6 nitrogen and oxygen atoms in total. The predicted octanol–water partition coefficient (Wildman–Crippen LogP) is 2.67. The van der Waals surface area contributed by atoms with E-state index in [-0.39, 0.29) is 24.4 Å². The number of carbonyl (C=O) groups is 1. The van der Waals surface area contributed by atoms with Crippen molar-refractivity contribution >= 4 is 18.3 Å². The second-order valence-electron chi connectivity index (χ2n) is 6.42. The number of halogens is 1. The van der Waals surface area contributed by atoms with Gasteiger partial charge in [-0.25, -0.2) is 0 Å². The van der Waals surface area contributed by atoms with E-state index in [0.29, 0.717) is 23.8 Å². The largest absolute Gasteiger partial charge is 0.360 e. The summed E-state index contributed by atoms with van der Waals surface area (Å²) in [4.78, 5) is 12.7. The molecule has 2 heterocycles. The van der Waals surface area contributed by atoms with E-state index >= 15 is 0 Å². The normalized spacial score (nSPS) is 20.0. The van der Waals surface area contributed by atoms with Gasteiger partial charge in [-0.2, -0.15) is 0 Å². The van der Waals surface area contributed by atoms with Gasteiger partial charge in [0.05, 0.1) is 5.56 Å². The van der Waals surface area contributed by atoms with Crippen molar-refractivity contribution in [3.63, 3.8) is 0 Å². The van der Waals surface area contributed by atoms with Crippen LogP contribution >= 0.6 is 12.4 Å². The molecule has 2 atom stereocenters. The minimum Gasteiger partial charge on any atom is -0.360 e. The smallest absolute Gasteiger partial charge is 0.253 e. The highest BCUT2D eigenvalue weighted by molar-refractivity contribution is 5.96. The first-order valence-electron chi connectivity index (χ1n) is 8.14. The van der Waals surface area contributed by atoms with Crippen molar-refractivity contribution in [1.82, 2.24) is 15.0 Å². The number of hydrogen-bond donors (Lipinski definition) is 2. The van der Waals surface area contributed by atoms with E-state index in [1.807, 2.05) is 37.5 Å². The van der Waals surface area contributed by atoms with E-state index in [2.05, 4.69) is 10.5 Å². The zero-order valence-electron chi connectivity index (χ0n) is 14.3. The van der Waals surface area contributed by atoms with Crippen molar-refractivity contribution in [2.75, 3.05) is 6.54 Å². The van der Waals surface area contributed by atoms with Gasteiger partial charge in [0.2, 0.25) is 0 Å². The topological polar surface area (TPSA) is 86.1 Å². The molecular formula is C17H25ClN4O2. The first-order chi connectivity index (χ1) is 11.0. The van der Waals surface area contributed by atoms with Gasteiger partial charge in [-0.3, -0.25) is 9.36 Å². The Morgan fingerprint density at radius 3 is 2.75 bits per heavy atom. The molecule has 0 radical (unpaired) electrons. The van der Waals surface area contributed by atoms with Gasteiger partial charge in [-0.1, -0.05) is 11.6 Å². The lowest BCUT2D eigenvalue weighted by Gasteiger charge is -2.19. The van der Waals surface area contributed by atoms with Crippen LogP contribution < -0.4 is 11.1 Å². The van der Waals surface area contributed by atoms with Gasteiger partial charge in [0.1, 0.15) is 5.76 Å². The predicted molar refractivity (Wildman–Crippen MR) is 94.9 cm³/mol. The van der Waals surface area contributed by atoms with E-state index < -0.39 is 0 Å². The first-order valence-corrected chi connectivity index (χ1v) is 8.14. The van der Waals surface area contributed by atoms with Crippen LogP contribution in [-0.2, 0) is 0 Å². The van der Waals surface area contributed by atoms with Gasteiger partial charge in [0, 0.05) is 23.5 Å². The van der Waals surface area contributed by atoms with Crippen molar-refractivity contribution in [1.29, 1.82) is 0 Å². The minimum atomic E-state index is -0.0325. The number of nitrogens with two attached hydrogens (primary N) is 1. The molecule has 7 heteroatoms. The molecule has 1 fully saturated rings. The van der Waals surface area contributed by atoms with Crippen LogP contribution in [0.25, 0.3) is 5.82 Å². The summed E-state index contributed by atoms with van der Waals surface area (Å²) >= 11 is 0. The Balaban J connectivity index is 0.00000208. The monoisotopic (exact) mass is 352 g/mol. The fraction of sp³-hybridized carbons (Fsp3) is 0.529. The van der Waals surface area contributed by atoms with Crippen molar-refractivity contribution in [3.8, 4) is 5.82 Å². The molecular weight excluding hydrogens is 328 g/mol. The molecule has 2 aromatic heterocycles. The molecule has 3 rings (SSSR count). The van der Waals surface area contributed by atoms with Gasteiger partial charge in [-0.15, -0.1) is 12.4 Å². The van der Waals surface area contributed by atoms with E-state index in [4.69, 9.17) is 10.3 Å². The molecule has 2 aromatic rings. The van der Waals surface area contributed by atoms with Crippen LogP contribution in [0.2, 0.25) is 0 Å². The summed E-state index contributed by atoms with van der Waals surface area (Å²) in [5.74, 6) is 1.81. The van der Waals surface area contributed by atoms with Crippen LogP contribution in [0.3, 0.4) is 0 Å². The minimum absolute atomic E-state index is 0. The summed E-state index contributed by atoms with van der Waals surface area (Å²) in [5.41, 5.74) is 8.32. The third kappa shape index (κ3) is 3.35. The van der Waals surface area contributed by atoms with Gasteiger partial charge in [0.15, 0.2) is 5.82 Å². The molecule has 0 spiro atoms. The fourth-order valence-electron chi connectivity index (χ4n) is 3.56. The molecule has 24 heavy (non-hydrogen) atoms. The number of carbonyl (C=O) groups excluding carboxylic acids is 1. The average Bonchev–Trinajstić information content (AvgIpc) is 3.19. The standard InChI is InChI=1S/C17H24N4O2.ClH/c1-10-7-14(12(3)21(10)16-8-11(2)23-20-16)17(22)19-15-6-4-5-13(15)9-18;/h7-8,13,15H,4-6,9,18H2,1-3H3,(H,19,22);1H. The zero-order chi connectivity index (χ0) is 16.6. The summed E-state index contributed by atoms with van der Waals surface area (Å²) in [6.45, 7) is 6.38. The maximum Gasteiger partial charge on any atom is 0.253 e. The molecule has 1 amide bonds. The molecule has 0 bridgehead atoms. The summed E-state index contributed by atoms with van der Waals surface area (Å²) in [7, 11) is 0. The lowest BCUT2D eigenvalue weighted by Crippen LogP contribution is -2.40. The average molecular weight is 353 g/mol. The van der Waals surface area contributed by atoms with Crippen molar-refractivity contribution < 1.29 is 9.32 Å².